The van der Waals surface area contributed by atoms with Gasteiger partial charge in [0.05, 0.1) is 0 Å². The normalized spacial score (nSPS) is 26.8. The predicted octanol–water partition coefficient (Wildman–Crippen LogP) is 3.52. The van der Waals surface area contributed by atoms with Gasteiger partial charge in [0.2, 0.25) is 0 Å². The van der Waals surface area contributed by atoms with Crippen molar-refractivity contribution in [3.63, 3.8) is 0 Å². The fourth-order valence-electron chi connectivity index (χ4n) is 2.95. The van der Waals surface area contributed by atoms with Gasteiger partial charge in [0.15, 0.2) is 0 Å². The van der Waals surface area contributed by atoms with Crippen molar-refractivity contribution in [1.82, 2.24) is 4.98 Å². The minimum atomic E-state index is 0.176. The van der Waals surface area contributed by atoms with Crippen LogP contribution < -0.4 is 5.73 Å². The Morgan fingerprint density at radius 3 is 2.41 bits per heavy atom. The standard InChI is InChI=1S/C15H24N2/c1-10-4-7-13(8-5-10)15(16)14-9-6-11(2)17-12(14)3/h6,9-10,13,15H,4-5,7-8,16H2,1-3H3. The highest BCUT2D eigenvalue weighted by atomic mass is 14.7. The third-order valence-corrected chi connectivity index (χ3v) is 4.19. The lowest BCUT2D eigenvalue weighted by atomic mass is 9.77. The molecule has 0 bridgehead atoms. The topological polar surface area (TPSA) is 38.9 Å². The van der Waals surface area contributed by atoms with Gasteiger partial charge in [-0.3, -0.25) is 4.98 Å². The molecule has 1 aromatic rings. The van der Waals surface area contributed by atoms with Crippen LogP contribution in [0.3, 0.4) is 0 Å². The van der Waals surface area contributed by atoms with Crippen LogP contribution in [0, 0.1) is 25.7 Å². The van der Waals surface area contributed by atoms with Gasteiger partial charge < -0.3 is 5.73 Å². The van der Waals surface area contributed by atoms with Gasteiger partial charge in [-0.25, -0.2) is 0 Å². The highest BCUT2D eigenvalue weighted by Gasteiger charge is 2.25. The minimum Gasteiger partial charge on any atom is -0.324 e. The molecule has 1 saturated carbocycles. The molecular formula is C15H24N2. The molecule has 2 N–H and O–H groups in total. The Hall–Kier alpha value is -0.890. The number of rotatable bonds is 2. The van der Waals surface area contributed by atoms with Gasteiger partial charge in [0, 0.05) is 17.4 Å². The van der Waals surface area contributed by atoms with Gasteiger partial charge in [-0.2, -0.15) is 0 Å². The number of pyridine rings is 1. The number of hydrogen-bond donors (Lipinski definition) is 1. The molecule has 0 amide bonds. The number of nitrogens with two attached hydrogens (primary N) is 1. The summed E-state index contributed by atoms with van der Waals surface area (Å²) in [6.07, 6.45) is 5.21. The molecule has 1 aromatic heterocycles. The predicted molar refractivity (Wildman–Crippen MR) is 71.8 cm³/mol. The molecule has 2 rings (SSSR count). The van der Waals surface area contributed by atoms with Crippen molar-refractivity contribution >= 4 is 0 Å². The summed E-state index contributed by atoms with van der Waals surface area (Å²) in [5.74, 6) is 1.53. The molecule has 1 fully saturated rings. The lowest BCUT2D eigenvalue weighted by Gasteiger charge is -2.31. The van der Waals surface area contributed by atoms with Crippen LogP contribution in [0.25, 0.3) is 0 Å². The molecule has 1 aliphatic carbocycles. The first-order valence-electron chi connectivity index (χ1n) is 6.77. The van der Waals surface area contributed by atoms with E-state index in [2.05, 4.69) is 31.0 Å². The van der Waals surface area contributed by atoms with E-state index in [0.717, 1.165) is 17.3 Å². The van der Waals surface area contributed by atoms with Crippen LogP contribution in [-0.2, 0) is 0 Å². The number of aryl methyl sites for hydroxylation is 2. The van der Waals surface area contributed by atoms with Crippen molar-refractivity contribution in [2.45, 2.75) is 52.5 Å². The average Bonchev–Trinajstić information content (AvgIpc) is 2.29. The third-order valence-electron chi connectivity index (χ3n) is 4.19. The summed E-state index contributed by atoms with van der Waals surface area (Å²) in [6, 6.07) is 4.42. The van der Waals surface area contributed by atoms with Crippen molar-refractivity contribution in [2.75, 3.05) is 0 Å². The number of nitrogens with zero attached hydrogens (tertiary/aromatic N) is 1. The van der Waals surface area contributed by atoms with Crippen molar-refractivity contribution < 1.29 is 0 Å². The molecule has 1 aliphatic rings. The second-order valence-electron chi connectivity index (χ2n) is 5.67. The van der Waals surface area contributed by atoms with Crippen LogP contribution in [-0.4, -0.2) is 4.98 Å². The zero-order valence-electron chi connectivity index (χ0n) is 11.2. The molecule has 17 heavy (non-hydrogen) atoms. The molecule has 0 spiro atoms. The summed E-state index contributed by atoms with van der Waals surface area (Å²) in [4.78, 5) is 4.52. The van der Waals surface area contributed by atoms with E-state index in [1.54, 1.807) is 0 Å². The second kappa shape index (κ2) is 5.18. The van der Waals surface area contributed by atoms with Crippen molar-refractivity contribution in [3.8, 4) is 0 Å². The summed E-state index contributed by atoms with van der Waals surface area (Å²) < 4.78 is 0. The monoisotopic (exact) mass is 232 g/mol. The lowest BCUT2D eigenvalue weighted by Crippen LogP contribution is -2.26. The van der Waals surface area contributed by atoms with E-state index in [-0.39, 0.29) is 6.04 Å². The highest BCUT2D eigenvalue weighted by molar-refractivity contribution is 5.25. The van der Waals surface area contributed by atoms with Gasteiger partial charge in [0.1, 0.15) is 0 Å². The molecule has 1 heterocycles. The summed E-state index contributed by atoms with van der Waals surface area (Å²) >= 11 is 0. The van der Waals surface area contributed by atoms with E-state index in [1.807, 2.05) is 6.92 Å². The zero-order chi connectivity index (χ0) is 12.4. The maximum atomic E-state index is 6.43. The first-order valence-corrected chi connectivity index (χ1v) is 6.77. The van der Waals surface area contributed by atoms with Crippen LogP contribution in [0.4, 0.5) is 0 Å². The van der Waals surface area contributed by atoms with Crippen LogP contribution >= 0.6 is 0 Å². The molecule has 0 aromatic carbocycles. The molecular weight excluding hydrogens is 208 g/mol. The minimum absolute atomic E-state index is 0.176. The van der Waals surface area contributed by atoms with E-state index in [0.29, 0.717) is 5.92 Å². The molecule has 2 heteroatoms. The smallest absolute Gasteiger partial charge is 0.0423 e. The maximum absolute atomic E-state index is 6.43. The van der Waals surface area contributed by atoms with E-state index in [4.69, 9.17) is 5.73 Å². The fourth-order valence-corrected chi connectivity index (χ4v) is 2.95. The molecule has 0 radical (unpaired) electrons. The molecule has 94 valence electrons. The Kier molecular flexibility index (Phi) is 3.82. The van der Waals surface area contributed by atoms with Gasteiger partial charge in [-0.1, -0.05) is 25.8 Å². The summed E-state index contributed by atoms with van der Waals surface area (Å²) in [7, 11) is 0. The number of hydrogen-bond acceptors (Lipinski definition) is 2. The Balaban J connectivity index is 2.11. The molecule has 0 saturated heterocycles. The Morgan fingerprint density at radius 1 is 1.18 bits per heavy atom. The largest absolute Gasteiger partial charge is 0.324 e. The van der Waals surface area contributed by atoms with Crippen LogP contribution in [0.5, 0.6) is 0 Å². The summed E-state index contributed by atoms with van der Waals surface area (Å²) in [5.41, 5.74) is 9.86. The third kappa shape index (κ3) is 2.86. The molecule has 0 aliphatic heterocycles. The lowest BCUT2D eigenvalue weighted by molar-refractivity contribution is 0.255. The maximum Gasteiger partial charge on any atom is 0.0423 e. The quantitative estimate of drug-likeness (QED) is 0.847. The van der Waals surface area contributed by atoms with Crippen molar-refractivity contribution in [3.05, 3.63) is 29.1 Å². The second-order valence-corrected chi connectivity index (χ2v) is 5.67. The Morgan fingerprint density at radius 2 is 1.82 bits per heavy atom. The van der Waals surface area contributed by atoms with Gasteiger partial charge >= 0.3 is 0 Å². The van der Waals surface area contributed by atoms with Crippen LogP contribution in [0.2, 0.25) is 0 Å². The van der Waals surface area contributed by atoms with E-state index >= 15 is 0 Å². The Bertz CT molecular complexity index is 379. The van der Waals surface area contributed by atoms with Crippen LogP contribution in [0.1, 0.15) is 55.6 Å². The molecule has 1 atom stereocenters. The first-order chi connectivity index (χ1) is 8.08. The molecule has 1 unspecified atom stereocenters. The summed E-state index contributed by atoms with van der Waals surface area (Å²) in [5, 5.41) is 0. The zero-order valence-corrected chi connectivity index (χ0v) is 11.2. The number of aromatic nitrogens is 1. The van der Waals surface area contributed by atoms with Gasteiger partial charge in [0.25, 0.3) is 0 Å². The molecule has 2 nitrogen and oxygen atoms in total. The van der Waals surface area contributed by atoms with E-state index in [1.165, 1.54) is 31.2 Å². The first kappa shape index (κ1) is 12.6. The van der Waals surface area contributed by atoms with E-state index in [9.17, 15) is 0 Å². The Labute approximate surface area is 105 Å². The van der Waals surface area contributed by atoms with Gasteiger partial charge in [-0.15, -0.1) is 0 Å². The SMILES string of the molecule is Cc1ccc(C(N)C2CCC(C)CC2)c(C)n1. The van der Waals surface area contributed by atoms with Crippen molar-refractivity contribution in [2.24, 2.45) is 17.6 Å². The van der Waals surface area contributed by atoms with Crippen LogP contribution in [0.15, 0.2) is 12.1 Å². The fraction of sp³-hybridized carbons (Fsp3) is 0.667. The highest BCUT2D eigenvalue weighted by Crippen LogP contribution is 2.35. The van der Waals surface area contributed by atoms with Gasteiger partial charge in [-0.05, 0) is 50.2 Å². The van der Waals surface area contributed by atoms with E-state index < -0.39 is 0 Å². The van der Waals surface area contributed by atoms with Crippen molar-refractivity contribution in [1.29, 1.82) is 0 Å². The summed E-state index contributed by atoms with van der Waals surface area (Å²) in [6.45, 7) is 6.46. The average molecular weight is 232 g/mol.